The molecule has 0 saturated carbocycles. The van der Waals surface area contributed by atoms with Crippen LogP contribution in [0.2, 0.25) is 0 Å². The lowest BCUT2D eigenvalue weighted by Crippen LogP contribution is -2.48. The van der Waals surface area contributed by atoms with E-state index in [1.807, 2.05) is 46.2 Å². The number of aromatic nitrogens is 1. The van der Waals surface area contributed by atoms with Crippen molar-refractivity contribution < 1.29 is 18.7 Å². The Morgan fingerprint density at radius 3 is 2.47 bits per heavy atom. The molecule has 166 valence electrons. The van der Waals surface area contributed by atoms with Gasteiger partial charge >= 0.3 is 0 Å². The van der Waals surface area contributed by atoms with E-state index in [1.54, 1.807) is 13.1 Å². The maximum Gasteiger partial charge on any atom is 0.254 e. The van der Waals surface area contributed by atoms with Gasteiger partial charge in [0, 0.05) is 69.6 Å². The number of carbonyl (C=O) groups excluding carboxylic acids is 2. The van der Waals surface area contributed by atoms with E-state index in [2.05, 4.69) is 9.88 Å². The number of pyridine rings is 1. The summed E-state index contributed by atoms with van der Waals surface area (Å²) < 4.78 is 11.6. The number of benzene rings is 1. The third-order valence-electron chi connectivity index (χ3n) is 6.15. The maximum absolute atomic E-state index is 12.9. The predicted molar refractivity (Wildman–Crippen MR) is 121 cm³/mol. The van der Waals surface area contributed by atoms with Crippen LogP contribution >= 0.6 is 0 Å². The summed E-state index contributed by atoms with van der Waals surface area (Å²) in [4.78, 5) is 34.8. The molecule has 0 bridgehead atoms. The molecule has 0 N–H and O–H groups in total. The van der Waals surface area contributed by atoms with Gasteiger partial charge in [0.1, 0.15) is 5.52 Å². The van der Waals surface area contributed by atoms with E-state index in [0.29, 0.717) is 50.5 Å². The fourth-order valence-corrected chi connectivity index (χ4v) is 4.32. The number of ether oxygens (including phenoxy) is 1. The highest BCUT2D eigenvalue weighted by molar-refractivity contribution is 5.97. The van der Waals surface area contributed by atoms with Crippen molar-refractivity contribution in [1.82, 2.24) is 14.8 Å². The number of amides is 2. The van der Waals surface area contributed by atoms with Gasteiger partial charge in [-0.15, -0.1) is 0 Å². The van der Waals surface area contributed by atoms with Crippen LogP contribution < -0.4 is 4.90 Å². The number of piperazine rings is 1. The highest BCUT2D eigenvalue weighted by Crippen LogP contribution is 2.33. The van der Waals surface area contributed by atoms with Crippen LogP contribution in [0.3, 0.4) is 0 Å². The van der Waals surface area contributed by atoms with E-state index in [-0.39, 0.29) is 11.8 Å². The lowest BCUT2D eigenvalue weighted by molar-refractivity contribution is -0.129. The van der Waals surface area contributed by atoms with Crippen molar-refractivity contribution in [2.75, 3.05) is 57.4 Å². The van der Waals surface area contributed by atoms with Gasteiger partial charge in [-0.1, -0.05) is 12.1 Å². The number of hydrogen-bond acceptors (Lipinski definition) is 6. The second-order valence-corrected chi connectivity index (χ2v) is 8.14. The molecule has 1 aromatic carbocycles. The first-order chi connectivity index (χ1) is 15.6. The second-order valence-electron chi connectivity index (χ2n) is 8.14. The maximum atomic E-state index is 12.9. The lowest BCUT2D eigenvalue weighted by atomic mass is 10.0. The monoisotopic (exact) mass is 434 g/mol. The minimum absolute atomic E-state index is 0.0175. The first kappa shape index (κ1) is 20.5. The molecule has 32 heavy (non-hydrogen) atoms. The van der Waals surface area contributed by atoms with Crippen molar-refractivity contribution in [2.45, 2.75) is 6.92 Å². The quantitative estimate of drug-likeness (QED) is 0.631. The molecule has 5 rings (SSSR count). The topological polar surface area (TPSA) is 79.1 Å². The summed E-state index contributed by atoms with van der Waals surface area (Å²) in [6.45, 7) is 6.78. The molecule has 2 aliphatic rings. The zero-order valence-corrected chi connectivity index (χ0v) is 18.1. The lowest BCUT2D eigenvalue weighted by Gasteiger charge is -2.33. The van der Waals surface area contributed by atoms with Gasteiger partial charge < -0.3 is 23.9 Å². The van der Waals surface area contributed by atoms with Gasteiger partial charge in [0.2, 0.25) is 5.91 Å². The Morgan fingerprint density at radius 2 is 1.72 bits per heavy atom. The van der Waals surface area contributed by atoms with Gasteiger partial charge in [-0.25, -0.2) is 0 Å². The van der Waals surface area contributed by atoms with Crippen molar-refractivity contribution in [2.24, 2.45) is 0 Å². The molecule has 0 aliphatic carbocycles. The average molecular weight is 434 g/mol. The molecule has 4 heterocycles. The van der Waals surface area contributed by atoms with Crippen molar-refractivity contribution in [3.8, 4) is 11.1 Å². The molecular weight excluding hydrogens is 408 g/mol. The van der Waals surface area contributed by atoms with E-state index in [1.165, 1.54) is 0 Å². The zero-order valence-electron chi connectivity index (χ0n) is 18.1. The summed E-state index contributed by atoms with van der Waals surface area (Å²) in [7, 11) is 0. The van der Waals surface area contributed by atoms with Gasteiger partial charge in [0.05, 0.1) is 13.2 Å². The van der Waals surface area contributed by atoms with Crippen LogP contribution in [0.4, 0.5) is 5.88 Å². The van der Waals surface area contributed by atoms with Gasteiger partial charge in [0.15, 0.2) is 11.5 Å². The number of hydrogen-bond donors (Lipinski definition) is 0. The molecule has 8 heteroatoms. The Morgan fingerprint density at radius 1 is 0.938 bits per heavy atom. The fraction of sp³-hybridized carbons (Fsp3) is 0.375. The van der Waals surface area contributed by atoms with E-state index in [4.69, 9.17) is 9.15 Å². The minimum Gasteiger partial charge on any atom is -0.438 e. The van der Waals surface area contributed by atoms with E-state index >= 15 is 0 Å². The van der Waals surface area contributed by atoms with Crippen molar-refractivity contribution in [3.63, 3.8) is 0 Å². The zero-order chi connectivity index (χ0) is 22.1. The molecule has 3 aromatic rings. The van der Waals surface area contributed by atoms with Crippen LogP contribution in [0.1, 0.15) is 17.3 Å². The van der Waals surface area contributed by atoms with Crippen LogP contribution in [0.5, 0.6) is 0 Å². The third kappa shape index (κ3) is 3.93. The Labute approximate surface area is 186 Å². The normalized spacial score (nSPS) is 17.1. The molecule has 2 aromatic heterocycles. The molecule has 0 spiro atoms. The standard InChI is InChI=1S/C24H26N4O4/c1-17(29)26-7-9-27(10-8-26)22-16-21-23(32-22)20(5-6-25-21)18-3-2-4-19(15-18)24(30)28-11-13-31-14-12-28/h2-6,15-16H,7-14H2,1H3. The number of anilines is 1. The highest BCUT2D eigenvalue weighted by Gasteiger charge is 2.23. The molecule has 2 aliphatic heterocycles. The average Bonchev–Trinajstić information content (AvgIpc) is 3.29. The van der Waals surface area contributed by atoms with Crippen LogP contribution in [0, 0.1) is 0 Å². The molecule has 8 nitrogen and oxygen atoms in total. The van der Waals surface area contributed by atoms with Crippen molar-refractivity contribution >= 4 is 28.8 Å². The van der Waals surface area contributed by atoms with Crippen molar-refractivity contribution in [3.05, 3.63) is 48.2 Å². The van der Waals surface area contributed by atoms with Gasteiger partial charge in [-0.2, -0.15) is 0 Å². The smallest absolute Gasteiger partial charge is 0.254 e. The third-order valence-corrected chi connectivity index (χ3v) is 6.15. The molecule has 0 unspecified atom stereocenters. The Hall–Kier alpha value is -3.39. The Balaban J connectivity index is 1.42. The van der Waals surface area contributed by atoms with Gasteiger partial charge in [-0.05, 0) is 23.8 Å². The Kier molecular flexibility index (Phi) is 5.53. The molecular formula is C24H26N4O4. The summed E-state index contributed by atoms with van der Waals surface area (Å²) in [5.74, 6) is 0.873. The van der Waals surface area contributed by atoms with Gasteiger partial charge in [0.25, 0.3) is 5.91 Å². The molecule has 2 fully saturated rings. The minimum atomic E-state index is 0.0175. The first-order valence-electron chi connectivity index (χ1n) is 11.0. The van der Waals surface area contributed by atoms with E-state index in [9.17, 15) is 9.59 Å². The largest absolute Gasteiger partial charge is 0.438 e. The van der Waals surface area contributed by atoms with Crippen LogP contribution in [0.25, 0.3) is 22.2 Å². The SMILES string of the molecule is CC(=O)N1CCN(c2cc3nccc(-c4cccc(C(=O)N5CCOCC5)c4)c3o2)CC1. The Bertz CT molecular complexity index is 1140. The number of furan rings is 1. The van der Waals surface area contributed by atoms with E-state index in [0.717, 1.165) is 35.6 Å². The molecule has 2 amide bonds. The fourth-order valence-electron chi connectivity index (χ4n) is 4.32. The number of rotatable bonds is 3. The summed E-state index contributed by atoms with van der Waals surface area (Å²) in [6, 6.07) is 11.5. The summed E-state index contributed by atoms with van der Waals surface area (Å²) in [5, 5.41) is 0. The number of carbonyl (C=O) groups is 2. The van der Waals surface area contributed by atoms with Crippen molar-refractivity contribution in [1.29, 1.82) is 0 Å². The number of fused-ring (bicyclic) bond motifs is 1. The highest BCUT2D eigenvalue weighted by atomic mass is 16.5. The number of morpholine rings is 1. The summed E-state index contributed by atoms with van der Waals surface area (Å²) in [6.07, 6.45) is 1.77. The van der Waals surface area contributed by atoms with Crippen LogP contribution in [0.15, 0.2) is 47.0 Å². The molecule has 0 atom stereocenters. The predicted octanol–water partition coefficient (Wildman–Crippen LogP) is 2.64. The summed E-state index contributed by atoms with van der Waals surface area (Å²) in [5.41, 5.74) is 3.95. The molecule has 0 radical (unpaired) electrons. The molecule has 2 saturated heterocycles. The van der Waals surface area contributed by atoms with E-state index < -0.39 is 0 Å². The van der Waals surface area contributed by atoms with Gasteiger partial charge in [-0.3, -0.25) is 14.6 Å². The number of nitrogens with zero attached hydrogens (tertiary/aromatic N) is 4. The second kappa shape index (κ2) is 8.63. The van der Waals surface area contributed by atoms with Crippen LogP contribution in [-0.2, 0) is 9.53 Å². The summed E-state index contributed by atoms with van der Waals surface area (Å²) >= 11 is 0. The van der Waals surface area contributed by atoms with Crippen LogP contribution in [-0.4, -0.2) is 79.1 Å². The first-order valence-corrected chi connectivity index (χ1v) is 11.0.